The summed E-state index contributed by atoms with van der Waals surface area (Å²) in [4.78, 5) is 23.8. The summed E-state index contributed by atoms with van der Waals surface area (Å²) in [5.74, 6) is 0. The van der Waals surface area contributed by atoms with E-state index >= 15 is 0 Å². The number of H-pyrrole nitrogens is 2. The quantitative estimate of drug-likeness (QED) is 0.172. The zero-order valence-corrected chi connectivity index (χ0v) is 28.2. The van der Waals surface area contributed by atoms with Crippen molar-refractivity contribution in [2.75, 3.05) is 45.9 Å². The highest BCUT2D eigenvalue weighted by Gasteiger charge is 2.32. The summed E-state index contributed by atoms with van der Waals surface area (Å²) in [5, 5.41) is 10.5. The van der Waals surface area contributed by atoms with Gasteiger partial charge in [0.15, 0.2) is 0 Å². The standard InChI is InChI=1S/C40H39N9O2/c1-2-6-25(7-3-1)32-11-10-27-29(18-45-38(27)47-32)26-8-5-16-48(23-26)36-22-42-21-35(51-36)31-24-49(40-28(31)9-4-13-44-40)33-12-14-43-39-37(33)30(19-46-39)34-20-41-15-17-50-34/h1-4,6-14,18-19,24,34-36,41-42H,5,15-17,20-23H2,(H,43,46)(H,45,47)/t34?,35-,36?/m0/s1. The number of fused-ring (bicyclic) bond motifs is 3. The Labute approximate surface area is 294 Å². The van der Waals surface area contributed by atoms with E-state index in [0.29, 0.717) is 6.61 Å². The van der Waals surface area contributed by atoms with E-state index < -0.39 is 0 Å². The smallest absolute Gasteiger partial charge is 0.144 e. The van der Waals surface area contributed by atoms with E-state index in [1.54, 1.807) is 0 Å². The highest BCUT2D eigenvalue weighted by Crippen LogP contribution is 2.37. The minimum atomic E-state index is -0.145. The molecular formula is C40H39N9O2. The van der Waals surface area contributed by atoms with Crippen molar-refractivity contribution < 1.29 is 9.47 Å². The van der Waals surface area contributed by atoms with Crippen LogP contribution in [-0.2, 0) is 9.47 Å². The molecular weight excluding hydrogens is 639 g/mol. The third kappa shape index (κ3) is 5.45. The van der Waals surface area contributed by atoms with E-state index in [-0.39, 0.29) is 18.4 Å². The number of rotatable bonds is 6. The molecule has 2 saturated heterocycles. The fourth-order valence-corrected chi connectivity index (χ4v) is 8.08. The third-order valence-corrected chi connectivity index (χ3v) is 10.6. The molecule has 256 valence electrons. The molecule has 10 rings (SSSR count). The number of hydrogen-bond donors (Lipinski definition) is 4. The Bertz CT molecular complexity index is 2390. The molecule has 7 aromatic rings. The monoisotopic (exact) mass is 677 g/mol. The number of morpholine rings is 2. The molecule has 0 amide bonds. The highest BCUT2D eigenvalue weighted by atomic mass is 16.5. The molecule has 6 aromatic heterocycles. The fraction of sp³-hybridized carbons (Fsp3) is 0.275. The summed E-state index contributed by atoms with van der Waals surface area (Å²) < 4.78 is 15.4. The first-order valence-electron chi connectivity index (χ1n) is 17.9. The van der Waals surface area contributed by atoms with Crippen LogP contribution in [0.1, 0.15) is 35.3 Å². The van der Waals surface area contributed by atoms with Crippen LogP contribution in [0.2, 0.25) is 0 Å². The number of ether oxygens (including phenoxy) is 2. The third-order valence-electron chi connectivity index (χ3n) is 10.6. The first-order chi connectivity index (χ1) is 25.3. The molecule has 9 heterocycles. The molecule has 0 bridgehead atoms. The second-order valence-corrected chi connectivity index (χ2v) is 13.6. The molecule has 1 aromatic carbocycles. The summed E-state index contributed by atoms with van der Waals surface area (Å²) in [6.45, 7) is 5.54. The van der Waals surface area contributed by atoms with E-state index in [0.717, 1.165) is 107 Å². The first kappa shape index (κ1) is 30.6. The average Bonchev–Trinajstić information content (AvgIpc) is 3.94. The zero-order valence-electron chi connectivity index (χ0n) is 28.2. The van der Waals surface area contributed by atoms with Crippen molar-refractivity contribution >= 4 is 38.7 Å². The molecule has 2 fully saturated rings. The number of nitrogens with zero attached hydrogens (tertiary/aromatic N) is 5. The van der Waals surface area contributed by atoms with Gasteiger partial charge in [-0.25, -0.2) is 15.0 Å². The predicted molar refractivity (Wildman–Crippen MR) is 198 cm³/mol. The summed E-state index contributed by atoms with van der Waals surface area (Å²) in [5.41, 5.74) is 10.5. The first-order valence-corrected chi connectivity index (χ1v) is 17.9. The summed E-state index contributed by atoms with van der Waals surface area (Å²) in [6, 6.07) is 20.9. The van der Waals surface area contributed by atoms with Crippen molar-refractivity contribution in [1.29, 1.82) is 0 Å². The molecule has 0 radical (unpaired) electrons. The Morgan fingerprint density at radius 1 is 0.784 bits per heavy atom. The average molecular weight is 678 g/mol. The Hall–Kier alpha value is -5.17. The van der Waals surface area contributed by atoms with Gasteiger partial charge < -0.3 is 34.6 Å². The van der Waals surface area contributed by atoms with Gasteiger partial charge in [-0.15, -0.1) is 0 Å². The zero-order chi connectivity index (χ0) is 33.7. The number of benzene rings is 1. The number of pyridine rings is 3. The molecule has 3 aliphatic heterocycles. The predicted octanol–water partition coefficient (Wildman–Crippen LogP) is 5.88. The lowest BCUT2D eigenvalue weighted by atomic mass is 10.00. The van der Waals surface area contributed by atoms with Crippen LogP contribution in [0.15, 0.2) is 97.7 Å². The van der Waals surface area contributed by atoms with Crippen molar-refractivity contribution in [3.63, 3.8) is 0 Å². The number of hydrogen-bond acceptors (Lipinski definition) is 8. The maximum absolute atomic E-state index is 7.01. The fourth-order valence-electron chi connectivity index (χ4n) is 8.08. The van der Waals surface area contributed by atoms with Crippen LogP contribution in [0, 0.1) is 0 Å². The van der Waals surface area contributed by atoms with E-state index in [1.165, 1.54) is 11.1 Å². The van der Waals surface area contributed by atoms with E-state index in [2.05, 4.69) is 89.9 Å². The molecule has 3 aliphatic rings. The van der Waals surface area contributed by atoms with Gasteiger partial charge in [0, 0.05) is 109 Å². The lowest BCUT2D eigenvalue weighted by molar-refractivity contribution is -0.116. The van der Waals surface area contributed by atoms with Gasteiger partial charge in [0.2, 0.25) is 0 Å². The van der Waals surface area contributed by atoms with Crippen LogP contribution in [0.4, 0.5) is 0 Å². The van der Waals surface area contributed by atoms with E-state index in [4.69, 9.17) is 19.4 Å². The molecule has 2 unspecified atom stereocenters. The van der Waals surface area contributed by atoms with Crippen molar-refractivity contribution in [1.82, 2.24) is 45.0 Å². The molecule has 0 spiro atoms. The highest BCUT2D eigenvalue weighted by molar-refractivity contribution is 5.93. The minimum Gasteiger partial charge on any atom is -0.371 e. The van der Waals surface area contributed by atoms with Crippen LogP contribution >= 0.6 is 0 Å². The van der Waals surface area contributed by atoms with Crippen molar-refractivity contribution in [2.45, 2.75) is 24.9 Å². The van der Waals surface area contributed by atoms with Crippen LogP contribution < -0.4 is 10.6 Å². The molecule has 3 atom stereocenters. The van der Waals surface area contributed by atoms with Gasteiger partial charge in [0.1, 0.15) is 23.2 Å². The number of aromatic nitrogens is 6. The lowest BCUT2D eigenvalue weighted by Crippen LogP contribution is -2.51. The van der Waals surface area contributed by atoms with Crippen LogP contribution in [0.25, 0.3) is 55.6 Å². The second kappa shape index (κ2) is 12.9. The van der Waals surface area contributed by atoms with Gasteiger partial charge in [-0.3, -0.25) is 4.90 Å². The van der Waals surface area contributed by atoms with Gasteiger partial charge in [0.05, 0.1) is 30.2 Å². The van der Waals surface area contributed by atoms with E-state index in [9.17, 15) is 0 Å². The maximum Gasteiger partial charge on any atom is 0.144 e. The Kier molecular flexibility index (Phi) is 7.73. The Morgan fingerprint density at radius 2 is 1.71 bits per heavy atom. The molecule has 11 nitrogen and oxygen atoms in total. The molecule has 51 heavy (non-hydrogen) atoms. The van der Waals surface area contributed by atoms with Crippen molar-refractivity contribution in [3.05, 3.63) is 114 Å². The SMILES string of the molecule is C1=C(c2c[nH]c3nc(-c4ccccc4)ccc23)CN(C2CNC[C@@H](c3cn(-c4ccnc5[nH]cc(C6CNCCO6)c45)c4ncccc34)O2)CC1. The summed E-state index contributed by atoms with van der Waals surface area (Å²) in [7, 11) is 0. The van der Waals surface area contributed by atoms with Gasteiger partial charge in [-0.05, 0) is 42.3 Å². The largest absolute Gasteiger partial charge is 0.371 e. The van der Waals surface area contributed by atoms with Crippen molar-refractivity contribution in [2.24, 2.45) is 0 Å². The minimum absolute atomic E-state index is 0.0490. The molecule has 0 saturated carbocycles. The number of nitrogens with one attached hydrogen (secondary N) is 4. The van der Waals surface area contributed by atoms with Crippen LogP contribution in [-0.4, -0.2) is 86.5 Å². The van der Waals surface area contributed by atoms with Gasteiger partial charge >= 0.3 is 0 Å². The number of aromatic amines is 2. The second-order valence-electron chi connectivity index (χ2n) is 13.6. The summed E-state index contributed by atoms with van der Waals surface area (Å²) in [6.07, 6.45) is 13.1. The van der Waals surface area contributed by atoms with Gasteiger partial charge in [0.25, 0.3) is 0 Å². The molecule has 0 aliphatic carbocycles. The van der Waals surface area contributed by atoms with Crippen LogP contribution in [0.3, 0.4) is 0 Å². The topological polar surface area (TPSA) is 121 Å². The summed E-state index contributed by atoms with van der Waals surface area (Å²) >= 11 is 0. The van der Waals surface area contributed by atoms with Gasteiger partial charge in [-0.1, -0.05) is 36.4 Å². The van der Waals surface area contributed by atoms with Crippen LogP contribution in [0.5, 0.6) is 0 Å². The van der Waals surface area contributed by atoms with Gasteiger partial charge in [-0.2, -0.15) is 0 Å². The van der Waals surface area contributed by atoms with E-state index in [1.807, 2.05) is 42.9 Å². The van der Waals surface area contributed by atoms with Crippen molar-refractivity contribution in [3.8, 4) is 16.9 Å². The maximum atomic E-state index is 7.01. The molecule has 11 heteroatoms. The Morgan fingerprint density at radius 3 is 2.63 bits per heavy atom. The molecule has 4 N–H and O–H groups in total. The normalized spacial score (nSPS) is 21.8. The lowest BCUT2D eigenvalue weighted by Gasteiger charge is -2.39. The Balaban J connectivity index is 0.932.